The number of carbonyl (C=O) groups is 3. The molecule has 1 unspecified atom stereocenters. The largest absolute Gasteiger partial charge is 0.480 e. The van der Waals surface area contributed by atoms with Gasteiger partial charge < -0.3 is 26.6 Å². The summed E-state index contributed by atoms with van der Waals surface area (Å²) in [6, 6.07) is 3.54. The maximum Gasteiger partial charge on any atom is 0.328 e. The van der Waals surface area contributed by atoms with E-state index in [0.717, 1.165) is 0 Å². The molecule has 0 spiro atoms. The molecule has 1 aromatic carbocycles. The quantitative estimate of drug-likeness (QED) is 0.482. The van der Waals surface area contributed by atoms with Crippen molar-refractivity contribution in [1.82, 2.24) is 5.32 Å². The highest BCUT2D eigenvalue weighted by molar-refractivity contribution is 5.95. The Labute approximate surface area is 108 Å². The molecule has 1 rings (SSSR count). The van der Waals surface area contributed by atoms with Crippen molar-refractivity contribution in [2.75, 3.05) is 11.9 Å². The summed E-state index contributed by atoms with van der Waals surface area (Å²) < 4.78 is 0. The predicted octanol–water partition coefficient (Wildman–Crippen LogP) is -0.647. The van der Waals surface area contributed by atoms with E-state index in [1.807, 2.05) is 0 Å². The molecule has 0 saturated carbocycles. The third-order valence-electron chi connectivity index (χ3n) is 2.21. The number of rotatable bonds is 5. The number of nitrogens with two attached hydrogens (primary N) is 1. The first-order valence-corrected chi connectivity index (χ1v) is 5.25. The Morgan fingerprint density at radius 3 is 2.21 bits per heavy atom. The van der Waals surface area contributed by atoms with Crippen LogP contribution in [0.5, 0.6) is 0 Å². The second-order valence-electron chi connectivity index (χ2n) is 3.61. The molecule has 8 nitrogen and oxygen atoms in total. The van der Waals surface area contributed by atoms with Gasteiger partial charge in [0.25, 0.3) is 0 Å². The van der Waals surface area contributed by atoms with E-state index in [1.165, 1.54) is 24.3 Å². The fourth-order valence-electron chi connectivity index (χ4n) is 1.23. The van der Waals surface area contributed by atoms with E-state index in [-0.39, 0.29) is 5.56 Å². The summed E-state index contributed by atoms with van der Waals surface area (Å²) in [6.45, 7) is -0.719. The van der Waals surface area contributed by atoms with Crippen LogP contribution >= 0.6 is 0 Å². The fraction of sp³-hybridized carbons (Fsp3) is 0.182. The number of carboxylic acids is 1. The van der Waals surface area contributed by atoms with Crippen LogP contribution in [-0.4, -0.2) is 40.8 Å². The van der Waals surface area contributed by atoms with Gasteiger partial charge in [-0.3, -0.25) is 4.79 Å². The molecule has 0 fully saturated rings. The molecular formula is C11H13N3O5. The van der Waals surface area contributed by atoms with Gasteiger partial charge in [-0.15, -0.1) is 0 Å². The molecule has 0 aliphatic rings. The van der Waals surface area contributed by atoms with Crippen LogP contribution < -0.4 is 16.4 Å². The summed E-state index contributed by atoms with van der Waals surface area (Å²) in [6.07, 6.45) is 0. The highest BCUT2D eigenvalue weighted by Crippen LogP contribution is 2.08. The number of amides is 3. The number of aliphatic hydroxyl groups excluding tert-OH is 1. The fourth-order valence-corrected chi connectivity index (χ4v) is 1.23. The standard InChI is InChI=1S/C11H13N3O5/c12-9(16)6-1-3-7(4-2-6)13-11(19)14-8(5-15)10(17)18/h1-4,8,15H,5H2,(H2,12,16)(H,17,18)(H2,13,14,19). The lowest BCUT2D eigenvalue weighted by molar-refractivity contribution is -0.140. The van der Waals surface area contributed by atoms with E-state index >= 15 is 0 Å². The summed E-state index contributed by atoms with van der Waals surface area (Å²) >= 11 is 0. The minimum atomic E-state index is -1.38. The lowest BCUT2D eigenvalue weighted by Crippen LogP contribution is -2.45. The third kappa shape index (κ3) is 4.28. The Balaban J connectivity index is 2.61. The average Bonchev–Trinajstić information content (AvgIpc) is 2.36. The summed E-state index contributed by atoms with van der Waals surface area (Å²) in [5.74, 6) is -1.94. The number of hydrogen-bond acceptors (Lipinski definition) is 4. The van der Waals surface area contributed by atoms with Crippen molar-refractivity contribution in [2.45, 2.75) is 6.04 Å². The molecule has 0 aliphatic heterocycles. The number of primary amides is 1. The first-order valence-electron chi connectivity index (χ1n) is 5.25. The van der Waals surface area contributed by atoms with E-state index < -0.39 is 30.6 Å². The van der Waals surface area contributed by atoms with Gasteiger partial charge in [0, 0.05) is 11.3 Å². The van der Waals surface area contributed by atoms with Crippen LogP contribution in [0.15, 0.2) is 24.3 Å². The van der Waals surface area contributed by atoms with Crippen LogP contribution in [0.25, 0.3) is 0 Å². The minimum Gasteiger partial charge on any atom is -0.480 e. The number of aliphatic carboxylic acids is 1. The highest BCUT2D eigenvalue weighted by atomic mass is 16.4. The molecule has 102 valence electrons. The van der Waals surface area contributed by atoms with Gasteiger partial charge in [-0.25, -0.2) is 9.59 Å². The van der Waals surface area contributed by atoms with Crippen molar-refractivity contribution in [2.24, 2.45) is 5.73 Å². The summed E-state index contributed by atoms with van der Waals surface area (Å²) in [7, 11) is 0. The second kappa shape index (κ2) is 6.36. The number of anilines is 1. The molecular weight excluding hydrogens is 254 g/mol. The summed E-state index contributed by atoms with van der Waals surface area (Å²) in [4.78, 5) is 32.8. The molecule has 0 radical (unpaired) electrons. The Morgan fingerprint density at radius 1 is 1.21 bits per heavy atom. The van der Waals surface area contributed by atoms with Crippen LogP contribution in [0, 0.1) is 0 Å². The van der Waals surface area contributed by atoms with Crippen LogP contribution in [0.2, 0.25) is 0 Å². The van der Waals surface area contributed by atoms with Crippen molar-refractivity contribution in [3.63, 3.8) is 0 Å². The first-order chi connectivity index (χ1) is 8.93. The van der Waals surface area contributed by atoms with E-state index in [4.69, 9.17) is 15.9 Å². The molecule has 1 aromatic rings. The van der Waals surface area contributed by atoms with Gasteiger partial charge >= 0.3 is 12.0 Å². The van der Waals surface area contributed by atoms with Crippen LogP contribution in [0.1, 0.15) is 10.4 Å². The molecule has 1 atom stereocenters. The van der Waals surface area contributed by atoms with Gasteiger partial charge in [-0.2, -0.15) is 0 Å². The van der Waals surface area contributed by atoms with E-state index in [1.54, 1.807) is 0 Å². The molecule has 19 heavy (non-hydrogen) atoms. The molecule has 3 amide bonds. The first kappa shape index (κ1) is 14.5. The van der Waals surface area contributed by atoms with Crippen LogP contribution in [0.3, 0.4) is 0 Å². The van der Waals surface area contributed by atoms with E-state index in [2.05, 4.69) is 10.6 Å². The SMILES string of the molecule is NC(=O)c1ccc(NC(=O)NC(CO)C(=O)O)cc1. The number of hydrogen-bond donors (Lipinski definition) is 5. The van der Waals surface area contributed by atoms with Crippen molar-refractivity contribution in [1.29, 1.82) is 0 Å². The number of benzene rings is 1. The zero-order chi connectivity index (χ0) is 14.4. The van der Waals surface area contributed by atoms with Gasteiger partial charge in [0.1, 0.15) is 0 Å². The summed E-state index contributed by atoms with van der Waals surface area (Å²) in [5.41, 5.74) is 5.68. The van der Waals surface area contributed by atoms with Gasteiger partial charge in [0.05, 0.1) is 6.61 Å². The second-order valence-corrected chi connectivity index (χ2v) is 3.61. The van der Waals surface area contributed by atoms with Gasteiger partial charge in [0.2, 0.25) is 5.91 Å². The highest BCUT2D eigenvalue weighted by Gasteiger charge is 2.18. The van der Waals surface area contributed by atoms with Crippen molar-refractivity contribution < 1.29 is 24.6 Å². The summed E-state index contributed by atoms with van der Waals surface area (Å²) in [5, 5.41) is 21.8. The molecule has 0 aliphatic carbocycles. The number of carbonyl (C=O) groups excluding carboxylic acids is 2. The molecule has 0 saturated heterocycles. The topological polar surface area (TPSA) is 142 Å². The van der Waals surface area contributed by atoms with Crippen molar-refractivity contribution in [3.05, 3.63) is 29.8 Å². The van der Waals surface area contributed by atoms with Gasteiger partial charge in [-0.05, 0) is 24.3 Å². The predicted molar refractivity (Wildman–Crippen MR) is 65.6 cm³/mol. The molecule has 0 bridgehead atoms. The van der Waals surface area contributed by atoms with Gasteiger partial charge in [-0.1, -0.05) is 0 Å². The minimum absolute atomic E-state index is 0.282. The maximum absolute atomic E-state index is 11.4. The molecule has 0 heterocycles. The normalized spacial score (nSPS) is 11.4. The van der Waals surface area contributed by atoms with Crippen molar-refractivity contribution in [3.8, 4) is 0 Å². The lowest BCUT2D eigenvalue weighted by Gasteiger charge is -2.12. The lowest BCUT2D eigenvalue weighted by atomic mass is 10.2. The number of urea groups is 1. The number of nitrogens with one attached hydrogen (secondary N) is 2. The monoisotopic (exact) mass is 267 g/mol. The molecule has 8 heteroatoms. The Hall–Kier alpha value is -2.61. The van der Waals surface area contributed by atoms with E-state index in [0.29, 0.717) is 5.69 Å². The van der Waals surface area contributed by atoms with Crippen molar-refractivity contribution >= 4 is 23.6 Å². The molecule has 0 aromatic heterocycles. The zero-order valence-electron chi connectivity index (χ0n) is 9.79. The Kier molecular flexibility index (Phi) is 4.84. The molecule has 6 N–H and O–H groups in total. The van der Waals surface area contributed by atoms with Gasteiger partial charge in [0.15, 0.2) is 6.04 Å². The van der Waals surface area contributed by atoms with Crippen LogP contribution in [-0.2, 0) is 4.79 Å². The van der Waals surface area contributed by atoms with E-state index in [9.17, 15) is 14.4 Å². The third-order valence-corrected chi connectivity index (χ3v) is 2.21. The maximum atomic E-state index is 11.4. The number of carboxylic acid groups (broad SMARTS) is 1. The average molecular weight is 267 g/mol. The van der Waals surface area contributed by atoms with Crippen LogP contribution in [0.4, 0.5) is 10.5 Å². The number of aliphatic hydroxyl groups is 1. The zero-order valence-corrected chi connectivity index (χ0v) is 9.79. The Morgan fingerprint density at radius 2 is 1.79 bits per heavy atom. The Bertz CT molecular complexity index is 486. The smallest absolute Gasteiger partial charge is 0.328 e.